The summed E-state index contributed by atoms with van der Waals surface area (Å²) in [4.78, 5) is 6.94. The SMILES string of the molecule is NCCCCN(Cc1cc(Cl)ccn1)C[C@H]1Cc2ccccc2CN1. The van der Waals surface area contributed by atoms with E-state index in [0.29, 0.717) is 6.04 Å². The van der Waals surface area contributed by atoms with Crippen molar-refractivity contribution in [3.8, 4) is 0 Å². The summed E-state index contributed by atoms with van der Waals surface area (Å²) >= 11 is 6.12. The first-order valence-corrected chi connectivity index (χ1v) is 9.45. The molecule has 1 aliphatic heterocycles. The Kier molecular flexibility index (Phi) is 6.82. The molecule has 25 heavy (non-hydrogen) atoms. The van der Waals surface area contributed by atoms with E-state index in [-0.39, 0.29) is 0 Å². The highest BCUT2D eigenvalue weighted by Gasteiger charge is 2.20. The predicted molar refractivity (Wildman–Crippen MR) is 104 cm³/mol. The lowest BCUT2D eigenvalue weighted by molar-refractivity contribution is 0.222. The standard InChI is InChI=1S/C20H27ClN4/c21-18-7-9-23-20(12-18)15-25(10-4-3-8-22)14-19-11-16-5-1-2-6-17(16)13-24-19/h1-2,5-7,9,12,19,24H,3-4,8,10-11,13-15,22H2/t19-/m1/s1. The molecule has 5 heteroatoms. The summed E-state index contributed by atoms with van der Waals surface area (Å²) in [6.45, 7) is 4.56. The predicted octanol–water partition coefficient (Wildman–Crippen LogP) is 2.99. The monoisotopic (exact) mass is 358 g/mol. The number of hydrogen-bond donors (Lipinski definition) is 2. The molecule has 0 bridgehead atoms. The van der Waals surface area contributed by atoms with E-state index >= 15 is 0 Å². The van der Waals surface area contributed by atoms with Gasteiger partial charge in [0, 0.05) is 36.9 Å². The fraction of sp³-hybridized carbons (Fsp3) is 0.450. The zero-order valence-corrected chi connectivity index (χ0v) is 15.4. The van der Waals surface area contributed by atoms with Gasteiger partial charge in [-0.05, 0) is 55.6 Å². The number of unbranched alkanes of at least 4 members (excludes halogenated alkanes) is 1. The van der Waals surface area contributed by atoms with Crippen LogP contribution in [0.15, 0.2) is 42.6 Å². The molecule has 0 spiro atoms. The molecule has 0 fully saturated rings. The minimum absolute atomic E-state index is 0.465. The Balaban J connectivity index is 1.63. The van der Waals surface area contributed by atoms with Gasteiger partial charge >= 0.3 is 0 Å². The lowest BCUT2D eigenvalue weighted by Crippen LogP contribution is -2.44. The maximum atomic E-state index is 6.12. The van der Waals surface area contributed by atoms with Gasteiger partial charge in [0.05, 0.1) is 5.69 Å². The third kappa shape index (κ3) is 5.51. The van der Waals surface area contributed by atoms with Gasteiger partial charge in [0.15, 0.2) is 0 Å². The second-order valence-corrected chi connectivity index (χ2v) is 7.18. The second kappa shape index (κ2) is 9.30. The van der Waals surface area contributed by atoms with Crippen LogP contribution in [0.25, 0.3) is 0 Å². The summed E-state index contributed by atoms with van der Waals surface area (Å²) in [5.41, 5.74) is 9.58. The van der Waals surface area contributed by atoms with Gasteiger partial charge in [-0.25, -0.2) is 0 Å². The van der Waals surface area contributed by atoms with Crippen molar-refractivity contribution in [2.75, 3.05) is 19.6 Å². The van der Waals surface area contributed by atoms with E-state index in [2.05, 4.69) is 39.5 Å². The number of pyridine rings is 1. The van der Waals surface area contributed by atoms with Gasteiger partial charge in [0.1, 0.15) is 0 Å². The van der Waals surface area contributed by atoms with Crippen molar-refractivity contribution in [2.24, 2.45) is 5.73 Å². The van der Waals surface area contributed by atoms with Gasteiger partial charge in [-0.3, -0.25) is 9.88 Å². The number of fused-ring (bicyclic) bond motifs is 1. The van der Waals surface area contributed by atoms with Crippen LogP contribution in [0.3, 0.4) is 0 Å². The molecule has 0 unspecified atom stereocenters. The van der Waals surface area contributed by atoms with Crippen LogP contribution < -0.4 is 11.1 Å². The minimum atomic E-state index is 0.465. The fourth-order valence-corrected chi connectivity index (χ4v) is 3.62. The van der Waals surface area contributed by atoms with Crippen LogP contribution in [0.2, 0.25) is 5.02 Å². The van der Waals surface area contributed by atoms with E-state index in [1.165, 1.54) is 11.1 Å². The molecule has 0 radical (unpaired) electrons. The summed E-state index contributed by atoms with van der Waals surface area (Å²) in [6.07, 6.45) is 5.03. The Morgan fingerprint density at radius 3 is 2.84 bits per heavy atom. The first-order chi connectivity index (χ1) is 12.2. The Hall–Kier alpha value is -1.46. The van der Waals surface area contributed by atoms with Crippen molar-refractivity contribution in [1.29, 1.82) is 0 Å². The van der Waals surface area contributed by atoms with Crippen LogP contribution >= 0.6 is 11.6 Å². The fourth-order valence-electron chi connectivity index (χ4n) is 3.44. The lowest BCUT2D eigenvalue weighted by atomic mass is 9.95. The number of rotatable bonds is 8. The molecule has 4 nitrogen and oxygen atoms in total. The van der Waals surface area contributed by atoms with Gasteiger partial charge in [-0.1, -0.05) is 35.9 Å². The molecule has 3 rings (SSSR count). The maximum absolute atomic E-state index is 6.12. The minimum Gasteiger partial charge on any atom is -0.330 e. The van der Waals surface area contributed by atoms with Gasteiger partial charge in [-0.2, -0.15) is 0 Å². The summed E-state index contributed by atoms with van der Waals surface area (Å²) in [6, 6.07) is 13.0. The highest BCUT2D eigenvalue weighted by molar-refractivity contribution is 6.30. The molecule has 1 atom stereocenters. The molecule has 3 N–H and O–H groups in total. The number of aromatic nitrogens is 1. The van der Waals surface area contributed by atoms with Crippen LogP contribution in [0, 0.1) is 0 Å². The Labute approximate surface area is 155 Å². The number of benzene rings is 1. The third-order valence-corrected chi connectivity index (χ3v) is 4.97. The van der Waals surface area contributed by atoms with Gasteiger partial charge in [0.25, 0.3) is 0 Å². The average Bonchev–Trinajstić information content (AvgIpc) is 2.62. The van der Waals surface area contributed by atoms with Crippen molar-refractivity contribution in [2.45, 2.75) is 38.4 Å². The number of halogens is 1. The van der Waals surface area contributed by atoms with Crippen LogP contribution in [-0.4, -0.2) is 35.6 Å². The van der Waals surface area contributed by atoms with Crippen LogP contribution in [0.5, 0.6) is 0 Å². The molecular formula is C20H27ClN4. The number of nitrogens with one attached hydrogen (secondary N) is 1. The van der Waals surface area contributed by atoms with Crippen molar-refractivity contribution in [3.63, 3.8) is 0 Å². The van der Waals surface area contributed by atoms with Crippen molar-refractivity contribution in [3.05, 3.63) is 64.4 Å². The first-order valence-electron chi connectivity index (χ1n) is 9.07. The molecule has 0 saturated carbocycles. The second-order valence-electron chi connectivity index (χ2n) is 6.75. The quantitative estimate of drug-likeness (QED) is 0.712. The van der Waals surface area contributed by atoms with E-state index in [4.69, 9.17) is 17.3 Å². The average molecular weight is 359 g/mol. The van der Waals surface area contributed by atoms with E-state index in [0.717, 1.165) is 62.7 Å². The van der Waals surface area contributed by atoms with Gasteiger partial charge in [-0.15, -0.1) is 0 Å². The number of nitrogens with zero attached hydrogens (tertiary/aromatic N) is 2. The topological polar surface area (TPSA) is 54.2 Å². The Bertz CT molecular complexity index is 676. The molecule has 1 aromatic carbocycles. The molecule has 2 aromatic rings. The summed E-state index contributed by atoms with van der Waals surface area (Å²) < 4.78 is 0. The van der Waals surface area contributed by atoms with E-state index < -0.39 is 0 Å². The molecular weight excluding hydrogens is 332 g/mol. The first kappa shape index (κ1) is 18.3. The summed E-state index contributed by atoms with van der Waals surface area (Å²) in [7, 11) is 0. The third-order valence-electron chi connectivity index (χ3n) is 4.74. The molecule has 0 amide bonds. The van der Waals surface area contributed by atoms with Crippen molar-refractivity contribution >= 4 is 11.6 Å². The largest absolute Gasteiger partial charge is 0.330 e. The van der Waals surface area contributed by atoms with Crippen LogP contribution in [0.4, 0.5) is 0 Å². The van der Waals surface area contributed by atoms with Gasteiger partial charge < -0.3 is 11.1 Å². The zero-order valence-electron chi connectivity index (χ0n) is 14.6. The molecule has 134 valence electrons. The van der Waals surface area contributed by atoms with Crippen molar-refractivity contribution in [1.82, 2.24) is 15.2 Å². The summed E-state index contributed by atoms with van der Waals surface area (Å²) in [5.74, 6) is 0. The highest BCUT2D eigenvalue weighted by Crippen LogP contribution is 2.18. The Morgan fingerprint density at radius 1 is 1.20 bits per heavy atom. The molecule has 2 heterocycles. The molecule has 0 aliphatic carbocycles. The van der Waals surface area contributed by atoms with Crippen LogP contribution in [0.1, 0.15) is 29.7 Å². The van der Waals surface area contributed by atoms with E-state index in [1.807, 2.05) is 12.1 Å². The maximum Gasteiger partial charge on any atom is 0.0558 e. The number of nitrogens with two attached hydrogens (primary N) is 1. The van der Waals surface area contributed by atoms with Crippen molar-refractivity contribution < 1.29 is 0 Å². The molecule has 0 saturated heterocycles. The highest BCUT2D eigenvalue weighted by atomic mass is 35.5. The number of hydrogen-bond acceptors (Lipinski definition) is 4. The van der Waals surface area contributed by atoms with E-state index in [9.17, 15) is 0 Å². The lowest BCUT2D eigenvalue weighted by Gasteiger charge is -2.31. The van der Waals surface area contributed by atoms with Crippen LogP contribution in [-0.2, 0) is 19.5 Å². The molecule has 1 aliphatic rings. The summed E-state index contributed by atoms with van der Waals surface area (Å²) in [5, 5.41) is 4.43. The normalized spacial score (nSPS) is 16.8. The molecule has 1 aromatic heterocycles. The van der Waals surface area contributed by atoms with E-state index in [1.54, 1.807) is 6.20 Å². The smallest absolute Gasteiger partial charge is 0.0558 e. The van der Waals surface area contributed by atoms with Gasteiger partial charge in [0.2, 0.25) is 0 Å². The Morgan fingerprint density at radius 2 is 2.04 bits per heavy atom. The zero-order chi connectivity index (χ0) is 17.5.